The molecule has 0 radical (unpaired) electrons. The molecule has 0 aliphatic carbocycles. The van der Waals surface area contributed by atoms with Gasteiger partial charge in [-0.2, -0.15) is 17.0 Å². The summed E-state index contributed by atoms with van der Waals surface area (Å²) in [6.07, 6.45) is 0.188. The van der Waals surface area contributed by atoms with E-state index in [0.717, 1.165) is 23.6 Å². The Morgan fingerprint density at radius 1 is 1.55 bits per heavy atom. The second-order valence-electron chi connectivity index (χ2n) is 4.97. The Bertz CT molecular complexity index is 510. The molecular formula is C15H18N2O2S. The summed E-state index contributed by atoms with van der Waals surface area (Å²) in [4.78, 5) is 13.3. The van der Waals surface area contributed by atoms with Crippen LogP contribution in [-0.2, 0) is 4.79 Å². The standard InChI is InChI=1S/C15H18N2O2S/c1-11(13-4-2-12(9-16)3-5-13)17-6-7-20-10-14(17)8-15(18)19/h2-5,11,14H,6-8,10H2,1H3,(H,18,19). The fraction of sp³-hybridized carbons (Fsp3) is 0.467. The average Bonchev–Trinajstić information content (AvgIpc) is 2.46. The van der Waals surface area contributed by atoms with Gasteiger partial charge in [0.2, 0.25) is 0 Å². The van der Waals surface area contributed by atoms with Gasteiger partial charge in [-0.1, -0.05) is 12.1 Å². The highest BCUT2D eigenvalue weighted by atomic mass is 32.2. The number of carboxylic acid groups (broad SMARTS) is 1. The van der Waals surface area contributed by atoms with E-state index in [4.69, 9.17) is 10.4 Å². The fourth-order valence-corrected chi connectivity index (χ4v) is 3.67. The van der Waals surface area contributed by atoms with Crippen LogP contribution in [0.4, 0.5) is 0 Å². The monoisotopic (exact) mass is 290 g/mol. The third-order valence-electron chi connectivity index (χ3n) is 3.70. The molecule has 1 N–H and O–H groups in total. The van der Waals surface area contributed by atoms with E-state index >= 15 is 0 Å². The molecule has 1 aliphatic heterocycles. The van der Waals surface area contributed by atoms with Crippen molar-refractivity contribution in [1.29, 1.82) is 5.26 Å². The molecule has 1 saturated heterocycles. The minimum atomic E-state index is -0.741. The van der Waals surface area contributed by atoms with Gasteiger partial charge in [0.05, 0.1) is 18.1 Å². The van der Waals surface area contributed by atoms with Gasteiger partial charge >= 0.3 is 5.97 Å². The number of rotatable bonds is 4. The Hall–Kier alpha value is -1.51. The van der Waals surface area contributed by atoms with Crippen molar-refractivity contribution < 1.29 is 9.90 Å². The molecule has 20 heavy (non-hydrogen) atoms. The Morgan fingerprint density at radius 2 is 2.25 bits per heavy atom. The second-order valence-corrected chi connectivity index (χ2v) is 6.12. The maximum absolute atomic E-state index is 11.0. The largest absolute Gasteiger partial charge is 0.481 e. The molecule has 2 atom stereocenters. The lowest BCUT2D eigenvalue weighted by Crippen LogP contribution is -2.44. The van der Waals surface area contributed by atoms with Crippen LogP contribution in [0.3, 0.4) is 0 Å². The molecule has 1 aromatic rings. The van der Waals surface area contributed by atoms with Crippen LogP contribution in [-0.4, -0.2) is 40.1 Å². The number of hydrogen-bond donors (Lipinski definition) is 1. The minimum absolute atomic E-state index is 0.0805. The molecule has 4 nitrogen and oxygen atoms in total. The topological polar surface area (TPSA) is 64.3 Å². The maximum Gasteiger partial charge on any atom is 0.304 e. The van der Waals surface area contributed by atoms with Crippen LogP contribution in [0.15, 0.2) is 24.3 Å². The van der Waals surface area contributed by atoms with E-state index in [9.17, 15) is 4.79 Å². The summed E-state index contributed by atoms with van der Waals surface area (Å²) in [7, 11) is 0. The number of carbonyl (C=O) groups is 1. The highest BCUT2D eigenvalue weighted by Gasteiger charge is 2.29. The zero-order valence-electron chi connectivity index (χ0n) is 11.5. The van der Waals surface area contributed by atoms with Gasteiger partial charge in [-0.3, -0.25) is 9.69 Å². The number of nitrogens with zero attached hydrogens (tertiary/aromatic N) is 2. The van der Waals surface area contributed by atoms with Gasteiger partial charge in [-0.15, -0.1) is 0 Å². The van der Waals surface area contributed by atoms with Crippen LogP contribution in [0, 0.1) is 11.3 Å². The van der Waals surface area contributed by atoms with E-state index in [1.165, 1.54) is 0 Å². The first-order valence-electron chi connectivity index (χ1n) is 6.67. The lowest BCUT2D eigenvalue weighted by molar-refractivity contribution is -0.138. The summed E-state index contributed by atoms with van der Waals surface area (Å²) in [6, 6.07) is 9.92. The number of carboxylic acids is 1. The molecule has 1 heterocycles. The molecule has 1 aliphatic rings. The van der Waals surface area contributed by atoms with Crippen molar-refractivity contribution in [3.8, 4) is 6.07 Å². The molecule has 2 rings (SSSR count). The molecule has 106 valence electrons. The van der Waals surface area contributed by atoms with Crippen molar-refractivity contribution in [3.63, 3.8) is 0 Å². The van der Waals surface area contributed by atoms with Crippen LogP contribution in [0.25, 0.3) is 0 Å². The Balaban J connectivity index is 2.13. The smallest absolute Gasteiger partial charge is 0.304 e. The highest BCUT2D eigenvalue weighted by molar-refractivity contribution is 7.99. The molecule has 0 saturated carbocycles. The van der Waals surface area contributed by atoms with Crippen molar-refractivity contribution in [1.82, 2.24) is 4.90 Å². The van der Waals surface area contributed by atoms with E-state index in [2.05, 4.69) is 17.9 Å². The lowest BCUT2D eigenvalue weighted by atomic mass is 10.0. The summed E-state index contributed by atoms with van der Waals surface area (Å²) in [5.74, 6) is 1.17. The Morgan fingerprint density at radius 3 is 2.85 bits per heavy atom. The lowest BCUT2D eigenvalue weighted by Gasteiger charge is -2.39. The third kappa shape index (κ3) is 3.53. The molecule has 1 aromatic carbocycles. The number of nitriles is 1. The normalized spacial score (nSPS) is 21.1. The molecule has 2 unspecified atom stereocenters. The molecule has 0 amide bonds. The minimum Gasteiger partial charge on any atom is -0.481 e. The zero-order valence-corrected chi connectivity index (χ0v) is 12.3. The average molecular weight is 290 g/mol. The van der Waals surface area contributed by atoms with Crippen LogP contribution < -0.4 is 0 Å². The van der Waals surface area contributed by atoms with Crippen molar-refractivity contribution in [2.75, 3.05) is 18.1 Å². The maximum atomic E-state index is 11.0. The van der Waals surface area contributed by atoms with Crippen molar-refractivity contribution in [3.05, 3.63) is 35.4 Å². The quantitative estimate of drug-likeness (QED) is 0.923. The first kappa shape index (κ1) is 14.9. The van der Waals surface area contributed by atoms with Gasteiger partial charge in [0.15, 0.2) is 0 Å². The molecule has 0 aromatic heterocycles. The molecule has 0 bridgehead atoms. The SMILES string of the molecule is CC(c1ccc(C#N)cc1)N1CCSCC1CC(=O)O. The van der Waals surface area contributed by atoms with E-state index in [-0.39, 0.29) is 18.5 Å². The second kappa shape index (κ2) is 6.78. The number of aliphatic carboxylic acids is 1. The van der Waals surface area contributed by atoms with Gasteiger partial charge in [0, 0.05) is 30.1 Å². The van der Waals surface area contributed by atoms with Crippen LogP contribution in [0.2, 0.25) is 0 Å². The predicted molar refractivity (Wildman–Crippen MR) is 79.6 cm³/mol. The van der Waals surface area contributed by atoms with E-state index < -0.39 is 5.97 Å². The molecule has 0 spiro atoms. The van der Waals surface area contributed by atoms with Crippen molar-refractivity contribution in [2.45, 2.75) is 25.4 Å². The summed E-state index contributed by atoms with van der Waals surface area (Å²) >= 11 is 1.82. The van der Waals surface area contributed by atoms with Crippen LogP contribution in [0.5, 0.6) is 0 Å². The first-order chi connectivity index (χ1) is 9.61. The van der Waals surface area contributed by atoms with Crippen LogP contribution >= 0.6 is 11.8 Å². The molecule has 5 heteroatoms. The Labute approximate surface area is 123 Å². The van der Waals surface area contributed by atoms with E-state index in [1.807, 2.05) is 36.0 Å². The number of thioether (sulfide) groups is 1. The third-order valence-corrected chi connectivity index (χ3v) is 4.79. The molecular weight excluding hydrogens is 272 g/mol. The van der Waals surface area contributed by atoms with E-state index in [1.54, 1.807) is 0 Å². The molecule has 1 fully saturated rings. The summed E-state index contributed by atoms with van der Waals surface area (Å²) < 4.78 is 0. The summed E-state index contributed by atoms with van der Waals surface area (Å²) in [5.41, 5.74) is 1.78. The predicted octanol–water partition coefficient (Wildman–Crippen LogP) is 2.51. The van der Waals surface area contributed by atoms with Gasteiger partial charge < -0.3 is 5.11 Å². The number of hydrogen-bond acceptors (Lipinski definition) is 4. The van der Waals surface area contributed by atoms with Crippen LogP contribution in [0.1, 0.15) is 30.5 Å². The van der Waals surface area contributed by atoms with Gasteiger partial charge in [-0.25, -0.2) is 0 Å². The highest BCUT2D eigenvalue weighted by Crippen LogP contribution is 2.29. The van der Waals surface area contributed by atoms with Gasteiger partial charge in [0.25, 0.3) is 0 Å². The number of benzene rings is 1. The van der Waals surface area contributed by atoms with Crippen molar-refractivity contribution in [2.24, 2.45) is 0 Å². The summed E-state index contributed by atoms with van der Waals surface area (Å²) in [5, 5.41) is 17.9. The fourth-order valence-electron chi connectivity index (χ4n) is 2.58. The summed E-state index contributed by atoms with van der Waals surface area (Å²) in [6.45, 7) is 3.01. The Kier molecular flexibility index (Phi) is 5.05. The van der Waals surface area contributed by atoms with Gasteiger partial charge in [0.1, 0.15) is 0 Å². The zero-order chi connectivity index (χ0) is 14.5. The van der Waals surface area contributed by atoms with E-state index in [0.29, 0.717) is 5.56 Å². The van der Waals surface area contributed by atoms with Crippen molar-refractivity contribution >= 4 is 17.7 Å². The van der Waals surface area contributed by atoms with Gasteiger partial charge in [-0.05, 0) is 24.6 Å². The first-order valence-corrected chi connectivity index (χ1v) is 7.82.